The first kappa shape index (κ1) is 13.9. The molecular weight excluding hydrogens is 238 g/mol. The van der Waals surface area contributed by atoms with Crippen LogP contribution in [-0.2, 0) is 0 Å². The first-order valence-corrected chi connectivity index (χ1v) is 7.03. The number of rotatable bonds is 4. The third-order valence-electron chi connectivity index (χ3n) is 3.28. The molecule has 0 atom stereocenters. The molecule has 0 bridgehead atoms. The average molecular weight is 261 g/mol. The number of amides is 1. The molecule has 19 heavy (non-hydrogen) atoms. The van der Waals surface area contributed by atoms with E-state index in [1.807, 2.05) is 38.1 Å². The summed E-state index contributed by atoms with van der Waals surface area (Å²) in [5.41, 5.74) is 1.80. The van der Waals surface area contributed by atoms with Gasteiger partial charge in [-0.05, 0) is 64.0 Å². The Balaban J connectivity index is 1.92. The third kappa shape index (κ3) is 4.24. The molecule has 0 unspecified atom stereocenters. The minimum absolute atomic E-state index is 0.0107. The zero-order valence-corrected chi connectivity index (χ0v) is 11.7. The quantitative estimate of drug-likeness (QED) is 0.777. The predicted molar refractivity (Wildman–Crippen MR) is 78.6 cm³/mol. The van der Waals surface area contributed by atoms with Gasteiger partial charge in [-0.25, -0.2) is 0 Å². The van der Waals surface area contributed by atoms with Crippen LogP contribution in [-0.4, -0.2) is 31.1 Å². The summed E-state index contributed by atoms with van der Waals surface area (Å²) in [7, 11) is 0. The smallest absolute Gasteiger partial charge is 0.251 e. The van der Waals surface area contributed by atoms with Crippen molar-refractivity contribution < 1.29 is 4.79 Å². The van der Waals surface area contributed by atoms with Gasteiger partial charge in [-0.15, -0.1) is 0 Å². The Morgan fingerprint density at radius 1 is 1.21 bits per heavy atom. The van der Waals surface area contributed by atoms with Crippen LogP contribution in [0.4, 0.5) is 5.69 Å². The van der Waals surface area contributed by atoms with E-state index in [0.29, 0.717) is 11.6 Å². The van der Waals surface area contributed by atoms with Gasteiger partial charge < -0.3 is 16.0 Å². The van der Waals surface area contributed by atoms with Crippen molar-refractivity contribution in [3.05, 3.63) is 29.8 Å². The second-order valence-electron chi connectivity index (χ2n) is 5.37. The van der Waals surface area contributed by atoms with Crippen molar-refractivity contribution >= 4 is 11.6 Å². The highest BCUT2D eigenvalue weighted by molar-refractivity contribution is 5.94. The van der Waals surface area contributed by atoms with Crippen LogP contribution in [0.3, 0.4) is 0 Å². The molecule has 0 spiro atoms. The Hall–Kier alpha value is -1.55. The van der Waals surface area contributed by atoms with Gasteiger partial charge in [0.25, 0.3) is 5.91 Å². The van der Waals surface area contributed by atoms with Crippen LogP contribution in [0.2, 0.25) is 0 Å². The minimum Gasteiger partial charge on any atom is -0.382 e. The Morgan fingerprint density at radius 3 is 2.42 bits per heavy atom. The molecule has 1 fully saturated rings. The number of hydrogen-bond donors (Lipinski definition) is 3. The normalized spacial score (nSPS) is 16.4. The lowest BCUT2D eigenvalue weighted by Gasteiger charge is -2.24. The molecular formula is C15H23N3O. The molecule has 104 valence electrons. The highest BCUT2D eigenvalue weighted by Gasteiger charge is 2.12. The summed E-state index contributed by atoms with van der Waals surface area (Å²) in [5.74, 6) is -0.0107. The first-order chi connectivity index (χ1) is 9.15. The maximum atomic E-state index is 11.8. The molecule has 1 aromatic carbocycles. The van der Waals surface area contributed by atoms with Gasteiger partial charge in [-0.1, -0.05) is 0 Å². The molecule has 4 nitrogen and oxygen atoms in total. The highest BCUT2D eigenvalue weighted by Crippen LogP contribution is 2.14. The Labute approximate surface area is 115 Å². The number of hydrogen-bond acceptors (Lipinski definition) is 3. The highest BCUT2D eigenvalue weighted by atomic mass is 16.1. The fraction of sp³-hybridized carbons (Fsp3) is 0.533. The second kappa shape index (κ2) is 6.57. The van der Waals surface area contributed by atoms with Crippen molar-refractivity contribution in [2.75, 3.05) is 18.4 Å². The molecule has 2 rings (SSSR count). The van der Waals surface area contributed by atoms with Gasteiger partial charge in [0.1, 0.15) is 0 Å². The van der Waals surface area contributed by atoms with Gasteiger partial charge in [0, 0.05) is 23.3 Å². The van der Waals surface area contributed by atoms with Gasteiger partial charge in [-0.2, -0.15) is 0 Å². The Bertz CT molecular complexity index is 408. The Kier molecular flexibility index (Phi) is 4.80. The van der Waals surface area contributed by atoms with Crippen molar-refractivity contribution in [2.24, 2.45) is 0 Å². The van der Waals surface area contributed by atoms with E-state index in [9.17, 15) is 4.79 Å². The van der Waals surface area contributed by atoms with Gasteiger partial charge >= 0.3 is 0 Å². The number of nitrogens with one attached hydrogen (secondary N) is 3. The predicted octanol–water partition coefficient (Wildman–Crippen LogP) is 1.99. The van der Waals surface area contributed by atoms with Crippen molar-refractivity contribution in [3.63, 3.8) is 0 Å². The summed E-state index contributed by atoms with van der Waals surface area (Å²) in [6.45, 7) is 6.08. The van der Waals surface area contributed by atoms with Crippen LogP contribution in [0.5, 0.6) is 0 Å². The molecule has 4 heteroatoms. The summed E-state index contributed by atoms with van der Waals surface area (Å²) in [6, 6.07) is 8.42. The van der Waals surface area contributed by atoms with E-state index in [1.54, 1.807) is 0 Å². The number of carbonyl (C=O) groups excluding carboxylic acids is 1. The lowest BCUT2D eigenvalue weighted by Crippen LogP contribution is -2.35. The molecule has 0 aliphatic carbocycles. The van der Waals surface area contributed by atoms with Crippen LogP contribution in [0.15, 0.2) is 24.3 Å². The van der Waals surface area contributed by atoms with Gasteiger partial charge in [0.15, 0.2) is 0 Å². The van der Waals surface area contributed by atoms with E-state index in [1.165, 1.54) is 0 Å². The fourth-order valence-corrected chi connectivity index (χ4v) is 2.27. The molecule has 3 N–H and O–H groups in total. The largest absolute Gasteiger partial charge is 0.382 e. The van der Waals surface area contributed by atoms with Crippen LogP contribution in [0, 0.1) is 0 Å². The number of benzene rings is 1. The van der Waals surface area contributed by atoms with E-state index in [0.717, 1.165) is 31.6 Å². The minimum atomic E-state index is -0.0107. The summed E-state index contributed by atoms with van der Waals surface area (Å²) in [6.07, 6.45) is 2.30. The molecule has 0 saturated carbocycles. The maximum absolute atomic E-state index is 11.8. The van der Waals surface area contributed by atoms with E-state index in [-0.39, 0.29) is 11.9 Å². The summed E-state index contributed by atoms with van der Waals surface area (Å²) < 4.78 is 0. The van der Waals surface area contributed by atoms with Crippen LogP contribution >= 0.6 is 0 Å². The van der Waals surface area contributed by atoms with Crippen molar-refractivity contribution in [3.8, 4) is 0 Å². The zero-order valence-electron chi connectivity index (χ0n) is 11.7. The van der Waals surface area contributed by atoms with E-state index in [2.05, 4.69) is 16.0 Å². The summed E-state index contributed by atoms with van der Waals surface area (Å²) in [4.78, 5) is 11.8. The topological polar surface area (TPSA) is 53.2 Å². The molecule has 1 aliphatic rings. The molecule has 1 aliphatic heterocycles. The molecule has 1 heterocycles. The van der Waals surface area contributed by atoms with Crippen LogP contribution in [0.1, 0.15) is 37.0 Å². The summed E-state index contributed by atoms with van der Waals surface area (Å²) >= 11 is 0. The van der Waals surface area contributed by atoms with Gasteiger partial charge in [0.2, 0.25) is 0 Å². The molecule has 1 aromatic rings. The second-order valence-corrected chi connectivity index (χ2v) is 5.37. The number of piperidine rings is 1. The monoisotopic (exact) mass is 261 g/mol. The molecule has 0 aromatic heterocycles. The first-order valence-electron chi connectivity index (χ1n) is 7.03. The molecule has 1 saturated heterocycles. The van der Waals surface area contributed by atoms with Crippen LogP contribution in [0.25, 0.3) is 0 Å². The van der Waals surface area contributed by atoms with Crippen molar-refractivity contribution in [1.82, 2.24) is 10.6 Å². The van der Waals surface area contributed by atoms with E-state index >= 15 is 0 Å². The number of anilines is 1. The fourth-order valence-electron chi connectivity index (χ4n) is 2.27. The Morgan fingerprint density at radius 2 is 1.84 bits per heavy atom. The SMILES string of the molecule is CC(C)NC(=O)c1ccc(NC2CCNCC2)cc1. The van der Waals surface area contributed by atoms with E-state index < -0.39 is 0 Å². The average Bonchev–Trinajstić information content (AvgIpc) is 2.40. The standard InChI is InChI=1S/C15H23N3O/c1-11(2)17-15(19)12-3-5-13(6-4-12)18-14-7-9-16-10-8-14/h3-6,11,14,16,18H,7-10H2,1-2H3,(H,17,19). The van der Waals surface area contributed by atoms with Crippen LogP contribution < -0.4 is 16.0 Å². The van der Waals surface area contributed by atoms with Gasteiger partial charge in [-0.3, -0.25) is 4.79 Å². The molecule has 0 radical (unpaired) electrons. The third-order valence-corrected chi connectivity index (χ3v) is 3.28. The molecule has 1 amide bonds. The summed E-state index contributed by atoms with van der Waals surface area (Å²) in [5, 5.41) is 9.76. The number of carbonyl (C=O) groups is 1. The van der Waals surface area contributed by atoms with Gasteiger partial charge in [0.05, 0.1) is 0 Å². The lowest BCUT2D eigenvalue weighted by atomic mass is 10.1. The van der Waals surface area contributed by atoms with Crippen molar-refractivity contribution in [1.29, 1.82) is 0 Å². The van der Waals surface area contributed by atoms with E-state index in [4.69, 9.17) is 0 Å². The zero-order chi connectivity index (χ0) is 13.7. The lowest BCUT2D eigenvalue weighted by molar-refractivity contribution is 0.0943. The van der Waals surface area contributed by atoms with Crippen molar-refractivity contribution in [2.45, 2.75) is 38.8 Å². The maximum Gasteiger partial charge on any atom is 0.251 e.